The Morgan fingerprint density at radius 2 is 1.58 bits per heavy atom. The highest BCUT2D eigenvalue weighted by atomic mass is 16.6. The van der Waals surface area contributed by atoms with Crippen LogP contribution in [0.1, 0.15) is 74.3 Å². The van der Waals surface area contributed by atoms with Crippen LogP contribution in [-0.2, 0) is 46.6 Å². The van der Waals surface area contributed by atoms with E-state index in [9.17, 15) is 14.4 Å². The summed E-state index contributed by atoms with van der Waals surface area (Å²) >= 11 is 0. The van der Waals surface area contributed by atoms with Gasteiger partial charge in [0.25, 0.3) is 0 Å². The van der Waals surface area contributed by atoms with Crippen LogP contribution < -0.4 is 16.4 Å². The van der Waals surface area contributed by atoms with Crippen molar-refractivity contribution in [1.29, 1.82) is 0 Å². The number of carbonyl (C=O) groups is 3. The van der Waals surface area contributed by atoms with E-state index in [4.69, 9.17) is 15.2 Å². The smallest absolute Gasteiger partial charge is 0.408 e. The number of nitrogens with two attached hydrogens (primary N) is 1. The van der Waals surface area contributed by atoms with Gasteiger partial charge in [0.15, 0.2) is 0 Å². The summed E-state index contributed by atoms with van der Waals surface area (Å²) in [5.41, 5.74) is 10.9. The highest BCUT2D eigenvalue weighted by Crippen LogP contribution is 2.29. The number of aryl methyl sites for hydroxylation is 1. The summed E-state index contributed by atoms with van der Waals surface area (Å²) in [6.07, 6.45) is 6.17. The van der Waals surface area contributed by atoms with E-state index in [1.807, 2.05) is 30.3 Å². The molecule has 0 saturated heterocycles. The number of ether oxygens (including phenoxy) is 2. The van der Waals surface area contributed by atoms with Crippen LogP contribution in [0.15, 0.2) is 42.5 Å². The summed E-state index contributed by atoms with van der Waals surface area (Å²) < 4.78 is 10.6. The SMILES string of the molecule is CC(C)(C)OC(=O)N[C@@H](Cc1ccc(CCCCNC(=O)OCc2ccccc2)c2c1CCCC2)C(N)=O. The number of fused-ring (bicyclic) bond motifs is 1. The molecule has 2 aromatic carbocycles. The monoisotopic (exact) mass is 523 g/mol. The number of unbranched alkanes of at least 4 members (excludes halogenated alkanes) is 1. The first kappa shape index (κ1) is 29.0. The molecule has 0 unspecified atom stereocenters. The molecule has 4 N–H and O–H groups in total. The van der Waals surface area contributed by atoms with E-state index in [2.05, 4.69) is 22.8 Å². The third-order valence-electron chi connectivity index (χ3n) is 6.54. The second-order valence-electron chi connectivity index (χ2n) is 10.8. The van der Waals surface area contributed by atoms with Crippen LogP contribution in [0.3, 0.4) is 0 Å². The number of amides is 3. The number of hydrogen-bond donors (Lipinski definition) is 3. The largest absolute Gasteiger partial charge is 0.445 e. The van der Waals surface area contributed by atoms with Gasteiger partial charge in [-0.05, 0) is 93.5 Å². The van der Waals surface area contributed by atoms with Gasteiger partial charge in [-0.1, -0.05) is 42.5 Å². The summed E-state index contributed by atoms with van der Waals surface area (Å²) in [5.74, 6) is -0.584. The van der Waals surface area contributed by atoms with Gasteiger partial charge in [-0.3, -0.25) is 4.79 Å². The molecule has 1 aliphatic rings. The molecule has 0 bridgehead atoms. The zero-order valence-corrected chi connectivity index (χ0v) is 22.8. The van der Waals surface area contributed by atoms with Crippen LogP contribution in [0.4, 0.5) is 9.59 Å². The maximum Gasteiger partial charge on any atom is 0.408 e. The number of hydrogen-bond acceptors (Lipinski definition) is 5. The summed E-state index contributed by atoms with van der Waals surface area (Å²) in [6.45, 7) is 6.14. The second-order valence-corrected chi connectivity index (χ2v) is 10.8. The lowest BCUT2D eigenvalue weighted by atomic mass is 9.82. The van der Waals surface area contributed by atoms with Crippen LogP contribution in [-0.4, -0.2) is 36.3 Å². The van der Waals surface area contributed by atoms with Crippen molar-refractivity contribution >= 4 is 18.1 Å². The van der Waals surface area contributed by atoms with Crippen LogP contribution >= 0.6 is 0 Å². The van der Waals surface area contributed by atoms with E-state index in [0.29, 0.717) is 13.0 Å². The van der Waals surface area contributed by atoms with E-state index < -0.39 is 29.7 Å². The molecule has 206 valence electrons. The lowest BCUT2D eigenvalue weighted by molar-refractivity contribution is -0.120. The van der Waals surface area contributed by atoms with Crippen molar-refractivity contribution in [3.05, 3.63) is 70.3 Å². The maximum atomic E-state index is 12.2. The lowest BCUT2D eigenvalue weighted by Gasteiger charge is -2.26. The summed E-state index contributed by atoms with van der Waals surface area (Å²) in [5, 5.41) is 5.46. The number of carbonyl (C=O) groups excluding carboxylic acids is 3. The Bertz CT molecular complexity index is 1100. The minimum absolute atomic E-state index is 0.259. The maximum absolute atomic E-state index is 12.2. The molecule has 1 aliphatic carbocycles. The molecule has 1 atom stereocenters. The Morgan fingerprint density at radius 3 is 2.24 bits per heavy atom. The third kappa shape index (κ3) is 9.39. The van der Waals surface area contributed by atoms with Gasteiger partial charge in [0.1, 0.15) is 18.2 Å². The topological polar surface area (TPSA) is 120 Å². The van der Waals surface area contributed by atoms with Gasteiger partial charge >= 0.3 is 12.2 Å². The van der Waals surface area contributed by atoms with E-state index >= 15 is 0 Å². The molecular weight excluding hydrogens is 482 g/mol. The molecule has 8 nitrogen and oxygen atoms in total. The van der Waals surface area contributed by atoms with Gasteiger partial charge in [-0.25, -0.2) is 9.59 Å². The molecule has 0 radical (unpaired) electrons. The Morgan fingerprint density at radius 1 is 0.921 bits per heavy atom. The van der Waals surface area contributed by atoms with Crippen molar-refractivity contribution < 1.29 is 23.9 Å². The van der Waals surface area contributed by atoms with Crippen LogP contribution in [0.5, 0.6) is 0 Å². The minimum Gasteiger partial charge on any atom is -0.445 e. The van der Waals surface area contributed by atoms with E-state index in [1.54, 1.807) is 20.8 Å². The highest BCUT2D eigenvalue weighted by molar-refractivity contribution is 5.84. The summed E-state index contributed by atoms with van der Waals surface area (Å²) in [4.78, 5) is 36.3. The Kier molecular flexibility index (Phi) is 10.6. The third-order valence-corrected chi connectivity index (χ3v) is 6.54. The molecule has 0 heterocycles. The van der Waals surface area contributed by atoms with Crippen molar-refractivity contribution in [2.45, 2.75) is 90.4 Å². The van der Waals surface area contributed by atoms with Crippen LogP contribution in [0.25, 0.3) is 0 Å². The van der Waals surface area contributed by atoms with Crippen LogP contribution in [0, 0.1) is 0 Å². The van der Waals surface area contributed by atoms with Crippen molar-refractivity contribution in [2.24, 2.45) is 5.73 Å². The Labute approximate surface area is 225 Å². The predicted octanol–water partition coefficient (Wildman–Crippen LogP) is 4.74. The number of benzene rings is 2. The van der Waals surface area contributed by atoms with Crippen molar-refractivity contribution in [3.8, 4) is 0 Å². The van der Waals surface area contributed by atoms with Gasteiger partial charge < -0.3 is 25.8 Å². The quantitative estimate of drug-likeness (QED) is 0.368. The van der Waals surface area contributed by atoms with Gasteiger partial charge in [0, 0.05) is 13.0 Å². The molecule has 0 fully saturated rings. The number of rotatable bonds is 11. The molecule has 8 heteroatoms. The fraction of sp³-hybridized carbons (Fsp3) is 0.500. The molecule has 0 aromatic heterocycles. The fourth-order valence-electron chi connectivity index (χ4n) is 4.74. The molecule has 3 amide bonds. The number of primary amides is 1. The first-order valence-corrected chi connectivity index (χ1v) is 13.5. The molecule has 0 aliphatic heterocycles. The van der Waals surface area contributed by atoms with E-state index in [0.717, 1.165) is 56.1 Å². The second kappa shape index (κ2) is 13.8. The standard InChI is InChI=1S/C30H41N3O5/c1-30(2,3)38-29(36)33-26(27(31)34)19-23-17-16-22(24-14-7-8-15-25(23)24)13-9-10-18-32-28(35)37-20-21-11-5-4-6-12-21/h4-6,11-12,16-17,26H,7-10,13-15,18-20H2,1-3H3,(H2,31,34)(H,32,35)(H,33,36)/t26-/m0/s1. The number of alkyl carbamates (subject to hydrolysis) is 2. The van der Waals surface area contributed by atoms with Crippen molar-refractivity contribution in [2.75, 3.05) is 6.54 Å². The van der Waals surface area contributed by atoms with E-state index in [1.165, 1.54) is 16.7 Å². The lowest BCUT2D eigenvalue weighted by Crippen LogP contribution is -2.47. The zero-order valence-electron chi connectivity index (χ0n) is 22.8. The van der Waals surface area contributed by atoms with Crippen molar-refractivity contribution in [3.63, 3.8) is 0 Å². The Balaban J connectivity index is 1.52. The van der Waals surface area contributed by atoms with Gasteiger partial charge in [-0.15, -0.1) is 0 Å². The normalized spacial score (nSPS) is 13.7. The molecular formula is C30H41N3O5. The van der Waals surface area contributed by atoms with Gasteiger partial charge in [0.05, 0.1) is 0 Å². The summed E-state index contributed by atoms with van der Waals surface area (Å²) in [7, 11) is 0. The van der Waals surface area contributed by atoms with Crippen molar-refractivity contribution in [1.82, 2.24) is 10.6 Å². The Hall–Kier alpha value is -3.55. The summed E-state index contributed by atoms with van der Waals surface area (Å²) in [6, 6.07) is 13.0. The number of nitrogens with one attached hydrogen (secondary N) is 2. The van der Waals surface area contributed by atoms with Gasteiger partial charge in [-0.2, -0.15) is 0 Å². The molecule has 0 spiro atoms. The molecule has 2 aromatic rings. The van der Waals surface area contributed by atoms with Gasteiger partial charge in [0.2, 0.25) is 5.91 Å². The first-order chi connectivity index (χ1) is 18.1. The van der Waals surface area contributed by atoms with E-state index in [-0.39, 0.29) is 6.61 Å². The first-order valence-electron chi connectivity index (χ1n) is 13.5. The molecule has 38 heavy (non-hydrogen) atoms. The zero-order chi connectivity index (χ0) is 27.5. The predicted molar refractivity (Wildman–Crippen MR) is 147 cm³/mol. The molecule has 3 rings (SSSR count). The fourth-order valence-corrected chi connectivity index (χ4v) is 4.74. The highest BCUT2D eigenvalue weighted by Gasteiger charge is 2.25. The van der Waals surface area contributed by atoms with Crippen LogP contribution in [0.2, 0.25) is 0 Å². The minimum atomic E-state index is -0.838. The molecule has 0 saturated carbocycles. The average Bonchev–Trinajstić information content (AvgIpc) is 2.87. The average molecular weight is 524 g/mol.